The summed E-state index contributed by atoms with van der Waals surface area (Å²) in [5, 5.41) is 0. The molecule has 2 aromatic rings. The maximum Gasteiger partial charge on any atom is 0.191 e. The van der Waals surface area contributed by atoms with Crippen molar-refractivity contribution < 1.29 is 23.0 Å². The summed E-state index contributed by atoms with van der Waals surface area (Å²) in [6, 6.07) is 7.03. The van der Waals surface area contributed by atoms with Gasteiger partial charge in [-0.05, 0) is 30.3 Å². The van der Waals surface area contributed by atoms with Crippen molar-refractivity contribution in [2.45, 2.75) is 6.61 Å². The maximum absolute atomic E-state index is 13.7. The lowest BCUT2D eigenvalue weighted by Gasteiger charge is -2.11. The summed E-state index contributed by atoms with van der Waals surface area (Å²) in [5.41, 5.74) is 0.590. The topological polar surface area (TPSA) is 35.5 Å². The fraction of sp³-hybridized carbons (Fsp3) is 0.133. The molecule has 2 rings (SSSR count). The van der Waals surface area contributed by atoms with E-state index in [-0.39, 0.29) is 12.2 Å². The smallest absolute Gasteiger partial charge is 0.191 e. The lowest BCUT2D eigenvalue weighted by molar-refractivity contribution is 0.112. The minimum atomic E-state index is -0.920. The summed E-state index contributed by atoms with van der Waals surface area (Å²) in [6.07, 6.45) is 0.370. The fourth-order valence-electron chi connectivity index (χ4n) is 1.72. The number of hydrogen-bond acceptors (Lipinski definition) is 3. The largest absolute Gasteiger partial charge is 0.497 e. The molecule has 2 aromatic carbocycles. The van der Waals surface area contributed by atoms with Crippen molar-refractivity contribution in [3.63, 3.8) is 0 Å². The number of methoxy groups -OCH3 is 1. The van der Waals surface area contributed by atoms with Crippen molar-refractivity contribution in [2.24, 2.45) is 0 Å². The molecule has 0 spiro atoms. The number of benzene rings is 2. The molecule has 0 aliphatic carbocycles. The first-order valence-electron chi connectivity index (χ1n) is 5.94. The third-order valence-corrected chi connectivity index (χ3v) is 3.56. The second kappa shape index (κ2) is 6.67. The quantitative estimate of drug-likeness (QED) is 0.755. The molecule has 0 radical (unpaired) electrons. The van der Waals surface area contributed by atoms with E-state index in [4.69, 9.17) is 9.47 Å². The summed E-state index contributed by atoms with van der Waals surface area (Å²) in [7, 11) is 1.52. The Morgan fingerprint density at radius 2 is 1.86 bits per heavy atom. The van der Waals surface area contributed by atoms with Crippen LogP contribution in [0.25, 0.3) is 0 Å². The van der Waals surface area contributed by atoms with Gasteiger partial charge < -0.3 is 9.47 Å². The molecule has 0 aromatic heterocycles. The predicted octanol–water partition coefficient (Wildman–Crippen LogP) is 4.13. The Balaban J connectivity index is 2.22. The van der Waals surface area contributed by atoms with E-state index < -0.39 is 17.4 Å². The third kappa shape index (κ3) is 3.58. The highest BCUT2D eigenvalue weighted by Crippen LogP contribution is 2.27. The van der Waals surface area contributed by atoms with Gasteiger partial charge in [-0.1, -0.05) is 15.9 Å². The molecular formula is C15H11BrF2O3. The second-order valence-electron chi connectivity index (χ2n) is 4.18. The van der Waals surface area contributed by atoms with Crippen molar-refractivity contribution in [3.8, 4) is 11.5 Å². The number of hydrogen-bond donors (Lipinski definition) is 0. The molecule has 0 unspecified atom stereocenters. The average molecular weight is 357 g/mol. The summed E-state index contributed by atoms with van der Waals surface area (Å²) >= 11 is 3.32. The van der Waals surface area contributed by atoms with Crippen molar-refractivity contribution in [1.82, 2.24) is 0 Å². The van der Waals surface area contributed by atoms with E-state index in [1.807, 2.05) is 0 Å². The monoisotopic (exact) mass is 356 g/mol. The van der Waals surface area contributed by atoms with Gasteiger partial charge >= 0.3 is 0 Å². The normalized spacial score (nSPS) is 10.3. The maximum atomic E-state index is 13.7. The van der Waals surface area contributed by atoms with Gasteiger partial charge in [-0.15, -0.1) is 0 Å². The first-order chi connectivity index (χ1) is 10.0. The van der Waals surface area contributed by atoms with Crippen LogP contribution in [0.15, 0.2) is 34.8 Å². The van der Waals surface area contributed by atoms with Crippen molar-refractivity contribution in [2.75, 3.05) is 7.11 Å². The molecule has 0 aliphatic rings. The van der Waals surface area contributed by atoms with E-state index in [0.29, 0.717) is 17.6 Å². The second-order valence-corrected chi connectivity index (χ2v) is 5.03. The average Bonchev–Trinajstić information content (AvgIpc) is 2.47. The molecule has 0 saturated heterocycles. The number of carbonyl (C=O) groups is 1. The van der Waals surface area contributed by atoms with Gasteiger partial charge in [0.1, 0.15) is 18.6 Å². The van der Waals surface area contributed by atoms with E-state index in [1.165, 1.54) is 7.11 Å². The minimum absolute atomic E-state index is 0.0495. The first-order valence-corrected chi connectivity index (χ1v) is 6.74. The van der Waals surface area contributed by atoms with Crippen molar-refractivity contribution in [1.29, 1.82) is 0 Å². The van der Waals surface area contributed by atoms with Gasteiger partial charge in [0.2, 0.25) is 0 Å². The number of carbonyl (C=O) groups excluding carboxylic acids is 1. The standard InChI is InChI=1S/C15H11BrF2O3/c1-20-11-2-3-12(16)10(6-11)8-21-15-13(17)4-9(7-19)5-14(15)18/h2-7H,8H2,1H3. The highest BCUT2D eigenvalue weighted by atomic mass is 79.9. The van der Waals surface area contributed by atoms with Crippen LogP contribution in [-0.4, -0.2) is 13.4 Å². The molecule has 0 fully saturated rings. The van der Waals surface area contributed by atoms with Gasteiger partial charge in [-0.25, -0.2) is 8.78 Å². The lowest BCUT2D eigenvalue weighted by atomic mass is 10.2. The van der Waals surface area contributed by atoms with E-state index in [0.717, 1.165) is 16.6 Å². The number of aldehydes is 1. The summed E-state index contributed by atoms with van der Waals surface area (Å²) < 4.78 is 38.4. The molecule has 3 nitrogen and oxygen atoms in total. The van der Waals surface area contributed by atoms with E-state index >= 15 is 0 Å². The van der Waals surface area contributed by atoms with Gasteiger partial charge in [-0.2, -0.15) is 0 Å². The number of rotatable bonds is 5. The fourth-order valence-corrected chi connectivity index (χ4v) is 2.09. The zero-order chi connectivity index (χ0) is 15.4. The predicted molar refractivity (Wildman–Crippen MR) is 76.8 cm³/mol. The highest BCUT2D eigenvalue weighted by Gasteiger charge is 2.13. The van der Waals surface area contributed by atoms with Gasteiger partial charge in [0.25, 0.3) is 0 Å². The Morgan fingerprint density at radius 1 is 1.19 bits per heavy atom. The Hall–Kier alpha value is -1.95. The molecule has 0 atom stereocenters. The van der Waals surface area contributed by atoms with Crippen LogP contribution in [-0.2, 0) is 6.61 Å². The zero-order valence-corrected chi connectivity index (χ0v) is 12.6. The van der Waals surface area contributed by atoms with E-state index in [9.17, 15) is 13.6 Å². The summed E-state index contributed by atoms with van der Waals surface area (Å²) in [5.74, 6) is -1.75. The van der Waals surface area contributed by atoms with Crippen LogP contribution in [0.1, 0.15) is 15.9 Å². The first kappa shape index (κ1) is 15.4. The number of ether oxygens (including phenoxy) is 2. The van der Waals surface area contributed by atoms with Gasteiger partial charge in [0, 0.05) is 15.6 Å². The van der Waals surface area contributed by atoms with Crippen LogP contribution in [0, 0.1) is 11.6 Å². The van der Waals surface area contributed by atoms with Gasteiger partial charge in [-0.3, -0.25) is 4.79 Å². The SMILES string of the molecule is COc1ccc(Br)c(COc2c(F)cc(C=O)cc2F)c1. The summed E-state index contributed by atoms with van der Waals surface area (Å²) in [4.78, 5) is 10.5. The van der Waals surface area contributed by atoms with Gasteiger partial charge in [0.05, 0.1) is 7.11 Å². The van der Waals surface area contributed by atoms with Crippen LogP contribution in [0.3, 0.4) is 0 Å². The van der Waals surface area contributed by atoms with E-state index in [2.05, 4.69) is 15.9 Å². The third-order valence-electron chi connectivity index (χ3n) is 2.78. The lowest BCUT2D eigenvalue weighted by Crippen LogP contribution is -2.02. The molecule has 0 saturated carbocycles. The van der Waals surface area contributed by atoms with Crippen molar-refractivity contribution in [3.05, 3.63) is 57.6 Å². The number of halogens is 3. The van der Waals surface area contributed by atoms with E-state index in [1.54, 1.807) is 18.2 Å². The van der Waals surface area contributed by atoms with Crippen LogP contribution in [0.2, 0.25) is 0 Å². The Bertz CT molecular complexity index is 651. The van der Waals surface area contributed by atoms with Crippen LogP contribution in [0.4, 0.5) is 8.78 Å². The van der Waals surface area contributed by atoms with Gasteiger partial charge in [0.15, 0.2) is 17.4 Å². The molecule has 0 bridgehead atoms. The Labute approximate surface area is 128 Å². The van der Waals surface area contributed by atoms with Crippen LogP contribution >= 0.6 is 15.9 Å². The molecular weight excluding hydrogens is 346 g/mol. The molecule has 0 N–H and O–H groups in total. The van der Waals surface area contributed by atoms with Crippen LogP contribution < -0.4 is 9.47 Å². The molecule has 0 aliphatic heterocycles. The Morgan fingerprint density at radius 3 is 2.43 bits per heavy atom. The summed E-state index contributed by atoms with van der Waals surface area (Å²) in [6.45, 7) is -0.0495. The molecule has 0 amide bonds. The van der Waals surface area contributed by atoms with Crippen LogP contribution in [0.5, 0.6) is 11.5 Å². The molecule has 21 heavy (non-hydrogen) atoms. The molecule has 110 valence electrons. The van der Waals surface area contributed by atoms with Crippen molar-refractivity contribution >= 4 is 22.2 Å². The zero-order valence-electron chi connectivity index (χ0n) is 11.0. The molecule has 6 heteroatoms. The highest BCUT2D eigenvalue weighted by molar-refractivity contribution is 9.10. The minimum Gasteiger partial charge on any atom is -0.497 e. The Kier molecular flexibility index (Phi) is 4.90. The molecule has 0 heterocycles.